The lowest BCUT2D eigenvalue weighted by Crippen LogP contribution is -2.25. The van der Waals surface area contributed by atoms with Crippen molar-refractivity contribution in [3.8, 4) is 0 Å². The molecule has 2 aromatic carbocycles. The molecule has 1 amide bonds. The largest absolute Gasteiger partial charge is 0.352 e. The molecule has 0 bridgehead atoms. The summed E-state index contributed by atoms with van der Waals surface area (Å²) in [4.78, 5) is 28.9. The van der Waals surface area contributed by atoms with E-state index in [4.69, 9.17) is 0 Å². The van der Waals surface area contributed by atoms with Crippen molar-refractivity contribution in [2.24, 2.45) is 0 Å². The third kappa shape index (κ3) is 5.14. The van der Waals surface area contributed by atoms with Gasteiger partial charge in [0.25, 0.3) is 15.9 Å². The van der Waals surface area contributed by atoms with Crippen LogP contribution in [0, 0.1) is 13.8 Å². The number of fused-ring (bicyclic) bond motifs is 1. The van der Waals surface area contributed by atoms with Crippen LogP contribution in [0.15, 0.2) is 58.2 Å². The Labute approximate surface area is 190 Å². The van der Waals surface area contributed by atoms with Crippen LogP contribution in [0.25, 0.3) is 11.0 Å². The zero-order chi connectivity index (χ0) is 23.6. The summed E-state index contributed by atoms with van der Waals surface area (Å²) in [6, 6.07) is 12.5. The molecule has 4 aromatic rings. The van der Waals surface area contributed by atoms with E-state index in [-0.39, 0.29) is 10.8 Å². The number of sulfonamides is 1. The first-order chi connectivity index (χ1) is 15.7. The summed E-state index contributed by atoms with van der Waals surface area (Å²) < 4.78 is 29.8. The lowest BCUT2D eigenvalue weighted by molar-refractivity contribution is 0.0952. The molecule has 0 saturated carbocycles. The lowest BCUT2D eigenvalue weighted by atomic mass is 10.2. The van der Waals surface area contributed by atoms with Gasteiger partial charge in [0.1, 0.15) is 0 Å². The van der Waals surface area contributed by atoms with Crippen LogP contribution in [0.4, 0.5) is 5.69 Å². The minimum Gasteiger partial charge on any atom is -0.352 e. The van der Waals surface area contributed by atoms with Gasteiger partial charge in [-0.25, -0.2) is 13.2 Å². The van der Waals surface area contributed by atoms with E-state index in [2.05, 4.69) is 25.1 Å². The lowest BCUT2D eigenvalue weighted by Gasteiger charge is -2.10. The van der Waals surface area contributed by atoms with Gasteiger partial charge < -0.3 is 15.3 Å². The Morgan fingerprint density at radius 2 is 1.76 bits per heavy atom. The van der Waals surface area contributed by atoms with Gasteiger partial charge in [-0.15, -0.1) is 0 Å². The number of aromatic nitrogens is 4. The van der Waals surface area contributed by atoms with Crippen LogP contribution in [0.1, 0.15) is 28.2 Å². The van der Waals surface area contributed by atoms with Crippen molar-refractivity contribution < 1.29 is 13.2 Å². The van der Waals surface area contributed by atoms with Gasteiger partial charge in [-0.1, -0.05) is 0 Å². The number of anilines is 1. The van der Waals surface area contributed by atoms with E-state index < -0.39 is 15.7 Å². The highest BCUT2D eigenvalue weighted by Gasteiger charge is 2.16. The third-order valence-electron chi connectivity index (χ3n) is 5.13. The molecule has 0 radical (unpaired) electrons. The quantitative estimate of drug-likeness (QED) is 0.294. The summed E-state index contributed by atoms with van der Waals surface area (Å²) >= 11 is 0. The van der Waals surface area contributed by atoms with Crippen molar-refractivity contribution in [2.75, 3.05) is 11.3 Å². The zero-order valence-corrected chi connectivity index (χ0v) is 19.0. The summed E-state index contributed by atoms with van der Waals surface area (Å²) in [6.45, 7) is 5.14. The first-order valence-corrected chi connectivity index (χ1v) is 11.8. The molecule has 2 heterocycles. The van der Waals surface area contributed by atoms with E-state index >= 15 is 0 Å². The molecule has 10 nitrogen and oxygen atoms in total. The van der Waals surface area contributed by atoms with Gasteiger partial charge in [-0.2, -0.15) is 5.10 Å². The Kier molecular flexibility index (Phi) is 6.05. The molecule has 33 heavy (non-hydrogen) atoms. The molecule has 0 fully saturated rings. The summed E-state index contributed by atoms with van der Waals surface area (Å²) in [5.41, 5.74) is 3.30. The molecule has 0 saturated heterocycles. The van der Waals surface area contributed by atoms with Crippen LogP contribution in [-0.4, -0.2) is 40.6 Å². The fourth-order valence-corrected chi connectivity index (χ4v) is 4.60. The second-order valence-corrected chi connectivity index (χ2v) is 9.41. The SMILES string of the molecule is Cc1cc(C)n(CCCNC(=O)c2ccc(NS(=O)(=O)c3ccc4[nH]c(=O)[nH]c4c3)cc2)n1. The van der Waals surface area contributed by atoms with Gasteiger partial charge in [0.15, 0.2) is 0 Å². The number of imidazole rings is 1. The number of benzene rings is 2. The standard InChI is InChI=1S/C22H24N6O4S/c1-14-12-15(2)28(26-14)11-3-10-23-21(29)16-4-6-17(7-5-16)27-33(31,32)18-8-9-19-20(13-18)25-22(30)24-19/h4-9,12-13,27H,3,10-11H2,1-2H3,(H,23,29)(H2,24,25,30). The van der Waals surface area contributed by atoms with Gasteiger partial charge in [-0.05, 0) is 68.8 Å². The molecule has 172 valence electrons. The number of nitrogens with zero attached hydrogens (tertiary/aromatic N) is 2. The maximum atomic E-state index is 12.7. The minimum atomic E-state index is -3.87. The normalized spacial score (nSPS) is 11.6. The number of hydrogen-bond acceptors (Lipinski definition) is 5. The van der Waals surface area contributed by atoms with Crippen molar-refractivity contribution in [1.82, 2.24) is 25.1 Å². The molecular formula is C22H24N6O4S. The monoisotopic (exact) mass is 468 g/mol. The topological polar surface area (TPSA) is 142 Å². The van der Waals surface area contributed by atoms with Gasteiger partial charge in [0.05, 0.1) is 21.6 Å². The molecule has 0 aliphatic rings. The smallest absolute Gasteiger partial charge is 0.323 e. The van der Waals surface area contributed by atoms with E-state index in [1.54, 1.807) is 12.1 Å². The van der Waals surface area contributed by atoms with Crippen LogP contribution < -0.4 is 15.7 Å². The van der Waals surface area contributed by atoms with Gasteiger partial charge in [0.2, 0.25) is 0 Å². The Bertz CT molecular complexity index is 1460. The van der Waals surface area contributed by atoms with Gasteiger partial charge in [0, 0.05) is 30.0 Å². The van der Waals surface area contributed by atoms with E-state index in [0.29, 0.717) is 35.4 Å². The van der Waals surface area contributed by atoms with Crippen LogP contribution in [0.2, 0.25) is 0 Å². The molecule has 0 spiro atoms. The summed E-state index contributed by atoms with van der Waals surface area (Å²) in [5.74, 6) is -0.236. The van der Waals surface area contributed by atoms with Gasteiger partial charge >= 0.3 is 5.69 Å². The second kappa shape index (κ2) is 8.94. The number of aromatic amines is 2. The maximum Gasteiger partial charge on any atom is 0.323 e. The molecule has 0 unspecified atom stereocenters. The number of hydrogen-bond donors (Lipinski definition) is 4. The molecule has 2 aromatic heterocycles. The van der Waals surface area contributed by atoms with E-state index in [0.717, 1.165) is 17.8 Å². The Morgan fingerprint density at radius 1 is 1.03 bits per heavy atom. The number of carbonyl (C=O) groups excluding carboxylic acids is 1. The van der Waals surface area contributed by atoms with E-state index in [1.807, 2.05) is 24.6 Å². The van der Waals surface area contributed by atoms with E-state index in [1.165, 1.54) is 30.3 Å². The van der Waals surface area contributed by atoms with Crippen molar-refractivity contribution in [3.05, 3.63) is 76.0 Å². The fourth-order valence-electron chi connectivity index (χ4n) is 3.52. The van der Waals surface area contributed by atoms with Crippen LogP contribution in [-0.2, 0) is 16.6 Å². The number of H-pyrrole nitrogens is 2. The molecule has 4 N–H and O–H groups in total. The first kappa shape index (κ1) is 22.3. The highest BCUT2D eigenvalue weighted by Crippen LogP contribution is 2.19. The van der Waals surface area contributed by atoms with E-state index in [9.17, 15) is 18.0 Å². The predicted molar refractivity (Wildman–Crippen MR) is 125 cm³/mol. The molecule has 0 aliphatic carbocycles. The average Bonchev–Trinajstić information content (AvgIpc) is 3.30. The highest BCUT2D eigenvalue weighted by atomic mass is 32.2. The molecule has 4 rings (SSSR count). The number of carbonyl (C=O) groups is 1. The Morgan fingerprint density at radius 3 is 2.45 bits per heavy atom. The third-order valence-corrected chi connectivity index (χ3v) is 6.51. The number of aryl methyl sites for hydroxylation is 3. The summed E-state index contributed by atoms with van der Waals surface area (Å²) in [6.07, 6.45) is 0.738. The first-order valence-electron chi connectivity index (χ1n) is 10.4. The number of nitrogens with one attached hydrogen (secondary N) is 4. The summed E-state index contributed by atoms with van der Waals surface area (Å²) in [5, 5.41) is 7.25. The van der Waals surface area contributed by atoms with Crippen molar-refractivity contribution in [2.45, 2.75) is 31.7 Å². The summed E-state index contributed by atoms with van der Waals surface area (Å²) in [7, 11) is -3.87. The molecule has 11 heteroatoms. The second-order valence-electron chi connectivity index (χ2n) is 7.73. The number of amides is 1. The maximum absolute atomic E-state index is 12.7. The van der Waals surface area contributed by atoms with Crippen molar-refractivity contribution >= 4 is 32.7 Å². The van der Waals surface area contributed by atoms with Crippen LogP contribution in [0.5, 0.6) is 0 Å². The Balaban J connectivity index is 1.34. The predicted octanol–water partition coefficient (Wildman–Crippen LogP) is 2.29. The molecule has 0 atom stereocenters. The van der Waals surface area contributed by atoms with Gasteiger partial charge in [-0.3, -0.25) is 14.2 Å². The average molecular weight is 469 g/mol. The zero-order valence-electron chi connectivity index (χ0n) is 18.2. The van der Waals surface area contributed by atoms with Crippen LogP contribution >= 0.6 is 0 Å². The highest BCUT2D eigenvalue weighted by molar-refractivity contribution is 7.92. The van der Waals surface area contributed by atoms with Crippen molar-refractivity contribution in [3.63, 3.8) is 0 Å². The Hall–Kier alpha value is -3.86. The fraction of sp³-hybridized carbons (Fsp3) is 0.227. The molecular weight excluding hydrogens is 444 g/mol. The van der Waals surface area contributed by atoms with Crippen molar-refractivity contribution in [1.29, 1.82) is 0 Å². The number of rotatable bonds is 8. The minimum absolute atomic E-state index is 0.00896. The molecule has 0 aliphatic heterocycles. The van der Waals surface area contributed by atoms with Crippen LogP contribution in [0.3, 0.4) is 0 Å².